The zero-order valence-corrected chi connectivity index (χ0v) is 10.7. The van der Waals surface area contributed by atoms with Crippen molar-refractivity contribution in [3.63, 3.8) is 0 Å². The second-order valence-corrected chi connectivity index (χ2v) is 5.16. The summed E-state index contributed by atoms with van der Waals surface area (Å²) in [4.78, 5) is 1.70. The summed E-state index contributed by atoms with van der Waals surface area (Å²) in [6.07, 6.45) is 0.790. The summed E-state index contributed by atoms with van der Waals surface area (Å²) >= 11 is 5.69. The Morgan fingerprint density at radius 2 is 1.78 bits per heavy atom. The molecule has 1 saturated heterocycles. The first kappa shape index (κ1) is 13.7. The van der Waals surface area contributed by atoms with Crippen molar-refractivity contribution in [2.75, 3.05) is 19.6 Å². The largest absolute Gasteiger partial charge is 0.393 e. The molecule has 0 radical (unpaired) electrons. The standard InChI is InChI=1S/C13H16ClF2NO/c14-11-3-1-10(2-4-11)13(15,16)9-17-7-5-12(18)6-8-17/h1-4,12,18H,5-9H2. The van der Waals surface area contributed by atoms with Gasteiger partial charge in [0.25, 0.3) is 5.92 Å². The number of aliphatic hydroxyl groups excluding tert-OH is 1. The van der Waals surface area contributed by atoms with Crippen molar-refractivity contribution in [2.45, 2.75) is 24.9 Å². The van der Waals surface area contributed by atoms with E-state index >= 15 is 0 Å². The van der Waals surface area contributed by atoms with Crippen LogP contribution in [0.15, 0.2) is 24.3 Å². The first-order valence-corrected chi connectivity index (χ1v) is 6.39. The van der Waals surface area contributed by atoms with Crippen LogP contribution in [-0.2, 0) is 5.92 Å². The predicted molar refractivity (Wildman–Crippen MR) is 67.0 cm³/mol. The van der Waals surface area contributed by atoms with E-state index in [0.29, 0.717) is 31.0 Å². The van der Waals surface area contributed by atoms with Crippen LogP contribution >= 0.6 is 11.6 Å². The molecule has 0 amide bonds. The third-order valence-corrected chi connectivity index (χ3v) is 3.50. The number of benzene rings is 1. The van der Waals surface area contributed by atoms with Gasteiger partial charge in [0.1, 0.15) is 0 Å². The van der Waals surface area contributed by atoms with E-state index in [1.807, 2.05) is 0 Å². The van der Waals surface area contributed by atoms with Crippen molar-refractivity contribution < 1.29 is 13.9 Å². The lowest BCUT2D eigenvalue weighted by Crippen LogP contribution is -2.41. The highest BCUT2D eigenvalue weighted by atomic mass is 35.5. The number of hydrogen-bond donors (Lipinski definition) is 1. The van der Waals surface area contributed by atoms with Gasteiger partial charge in [-0.2, -0.15) is 8.78 Å². The zero-order valence-electron chi connectivity index (χ0n) is 9.95. The molecule has 18 heavy (non-hydrogen) atoms. The Morgan fingerprint density at radius 3 is 2.33 bits per heavy atom. The summed E-state index contributed by atoms with van der Waals surface area (Å²) in [6, 6.07) is 5.68. The van der Waals surface area contributed by atoms with Crippen molar-refractivity contribution in [1.82, 2.24) is 4.90 Å². The molecule has 0 unspecified atom stereocenters. The number of hydrogen-bond acceptors (Lipinski definition) is 2. The molecule has 1 heterocycles. The lowest BCUT2D eigenvalue weighted by Gasteiger charge is -2.32. The smallest absolute Gasteiger partial charge is 0.285 e. The van der Waals surface area contributed by atoms with Gasteiger partial charge < -0.3 is 5.11 Å². The van der Waals surface area contributed by atoms with Crippen LogP contribution in [0, 0.1) is 0 Å². The average Bonchev–Trinajstić information content (AvgIpc) is 2.32. The Balaban J connectivity index is 2.00. The number of nitrogens with zero attached hydrogens (tertiary/aromatic N) is 1. The fourth-order valence-electron chi connectivity index (χ4n) is 2.14. The van der Waals surface area contributed by atoms with Gasteiger partial charge in [0.05, 0.1) is 12.6 Å². The van der Waals surface area contributed by atoms with Crippen molar-refractivity contribution in [3.8, 4) is 0 Å². The van der Waals surface area contributed by atoms with Gasteiger partial charge in [-0.25, -0.2) is 0 Å². The topological polar surface area (TPSA) is 23.5 Å². The van der Waals surface area contributed by atoms with Gasteiger partial charge in [0, 0.05) is 23.7 Å². The second kappa shape index (κ2) is 5.51. The van der Waals surface area contributed by atoms with Crippen molar-refractivity contribution in [1.29, 1.82) is 0 Å². The van der Waals surface area contributed by atoms with Crippen LogP contribution in [0.4, 0.5) is 8.78 Å². The minimum absolute atomic E-state index is 0.0157. The molecule has 0 aromatic heterocycles. The lowest BCUT2D eigenvalue weighted by atomic mass is 10.0. The summed E-state index contributed by atoms with van der Waals surface area (Å²) in [5, 5.41) is 9.80. The molecule has 1 aliphatic heterocycles. The molecule has 1 fully saturated rings. The van der Waals surface area contributed by atoms with Crippen LogP contribution in [0.25, 0.3) is 0 Å². The molecule has 100 valence electrons. The summed E-state index contributed by atoms with van der Waals surface area (Å²) in [6.45, 7) is 0.732. The maximum Gasteiger partial charge on any atom is 0.285 e. The van der Waals surface area contributed by atoms with E-state index in [-0.39, 0.29) is 18.2 Å². The second-order valence-electron chi connectivity index (χ2n) is 4.72. The number of likely N-dealkylation sites (tertiary alicyclic amines) is 1. The molecule has 0 aliphatic carbocycles. The van der Waals surface area contributed by atoms with Gasteiger partial charge in [-0.05, 0) is 25.0 Å². The molecule has 5 heteroatoms. The summed E-state index contributed by atoms with van der Waals surface area (Å²) < 4.78 is 28.0. The van der Waals surface area contributed by atoms with E-state index in [1.54, 1.807) is 4.90 Å². The molecular formula is C13H16ClF2NO. The zero-order chi connectivity index (χ0) is 13.2. The first-order chi connectivity index (χ1) is 8.47. The quantitative estimate of drug-likeness (QED) is 0.917. The summed E-state index contributed by atoms with van der Waals surface area (Å²) in [5.74, 6) is -2.88. The maximum absolute atomic E-state index is 14.0. The molecule has 0 atom stereocenters. The molecular weight excluding hydrogens is 260 g/mol. The minimum Gasteiger partial charge on any atom is -0.393 e. The van der Waals surface area contributed by atoms with E-state index in [9.17, 15) is 13.9 Å². The number of aliphatic hydroxyl groups is 1. The van der Waals surface area contributed by atoms with Gasteiger partial charge in [0.15, 0.2) is 0 Å². The monoisotopic (exact) mass is 275 g/mol. The Bertz CT molecular complexity index is 388. The Morgan fingerprint density at radius 1 is 1.22 bits per heavy atom. The van der Waals surface area contributed by atoms with Crippen molar-refractivity contribution in [2.24, 2.45) is 0 Å². The Labute approximate surface area is 110 Å². The van der Waals surface area contributed by atoms with Gasteiger partial charge in [-0.3, -0.25) is 4.90 Å². The number of halogens is 3. The normalized spacial score (nSPS) is 19.1. The van der Waals surface area contributed by atoms with Gasteiger partial charge in [-0.15, -0.1) is 0 Å². The third-order valence-electron chi connectivity index (χ3n) is 3.25. The van der Waals surface area contributed by atoms with E-state index in [0.717, 1.165) is 0 Å². The Kier molecular flexibility index (Phi) is 4.20. The molecule has 0 spiro atoms. The number of piperidine rings is 1. The highest BCUT2D eigenvalue weighted by molar-refractivity contribution is 6.30. The third kappa shape index (κ3) is 3.40. The molecule has 2 rings (SSSR count). The average molecular weight is 276 g/mol. The van der Waals surface area contributed by atoms with Crippen LogP contribution < -0.4 is 0 Å². The fraction of sp³-hybridized carbons (Fsp3) is 0.538. The summed E-state index contributed by atoms with van der Waals surface area (Å²) in [7, 11) is 0. The molecule has 1 aromatic carbocycles. The molecule has 1 N–H and O–H groups in total. The van der Waals surface area contributed by atoms with Crippen LogP contribution in [0.3, 0.4) is 0 Å². The van der Waals surface area contributed by atoms with Crippen molar-refractivity contribution in [3.05, 3.63) is 34.9 Å². The molecule has 2 nitrogen and oxygen atoms in total. The predicted octanol–water partition coefficient (Wildman–Crippen LogP) is 2.89. The number of alkyl halides is 2. The van der Waals surface area contributed by atoms with E-state index in [4.69, 9.17) is 11.6 Å². The fourth-order valence-corrected chi connectivity index (χ4v) is 2.27. The highest BCUT2D eigenvalue weighted by Crippen LogP contribution is 2.30. The molecule has 0 saturated carbocycles. The summed E-state index contributed by atoms with van der Waals surface area (Å²) in [5.41, 5.74) is -0.0157. The minimum atomic E-state index is -2.88. The molecule has 1 aromatic rings. The highest BCUT2D eigenvalue weighted by Gasteiger charge is 2.34. The van der Waals surface area contributed by atoms with E-state index in [2.05, 4.69) is 0 Å². The van der Waals surface area contributed by atoms with Crippen LogP contribution in [0.1, 0.15) is 18.4 Å². The van der Waals surface area contributed by atoms with Gasteiger partial charge >= 0.3 is 0 Å². The Hall–Kier alpha value is -0.710. The van der Waals surface area contributed by atoms with Gasteiger partial charge in [0.2, 0.25) is 0 Å². The maximum atomic E-state index is 14.0. The van der Waals surface area contributed by atoms with Crippen molar-refractivity contribution >= 4 is 11.6 Å². The molecule has 0 bridgehead atoms. The van der Waals surface area contributed by atoms with Crippen LogP contribution in [0.5, 0.6) is 0 Å². The lowest BCUT2D eigenvalue weighted by molar-refractivity contribution is -0.0500. The van der Waals surface area contributed by atoms with Gasteiger partial charge in [-0.1, -0.05) is 23.7 Å². The van der Waals surface area contributed by atoms with Crippen LogP contribution in [-0.4, -0.2) is 35.7 Å². The van der Waals surface area contributed by atoms with Crippen LogP contribution in [0.2, 0.25) is 5.02 Å². The van der Waals surface area contributed by atoms with E-state index < -0.39 is 5.92 Å². The molecule has 1 aliphatic rings. The van der Waals surface area contributed by atoms with E-state index in [1.165, 1.54) is 24.3 Å². The SMILES string of the molecule is OC1CCN(CC(F)(F)c2ccc(Cl)cc2)CC1. The first-order valence-electron chi connectivity index (χ1n) is 6.02. The number of rotatable bonds is 3.